The molecule has 0 radical (unpaired) electrons. The molecule has 0 saturated carbocycles. The van der Waals surface area contributed by atoms with Gasteiger partial charge in [0.25, 0.3) is 0 Å². The standard InChI is InChI=1S/2C9H11.C6H5.Bi/c2*1-7-4-8(2)6-9(3)5-7;1-2-4-6-5-3-1;/h2*4-5H,1-3H3;1-5H;. The van der Waals surface area contributed by atoms with Crippen LogP contribution in [-0.2, 0) is 0 Å². The first-order chi connectivity index (χ1) is 11.9. The maximum absolute atomic E-state index is 2.37. The molecule has 0 nitrogen and oxygen atoms in total. The average molecular weight is 524 g/mol. The second kappa shape index (κ2) is 7.42. The molecule has 3 aromatic carbocycles. The summed E-state index contributed by atoms with van der Waals surface area (Å²) in [5.74, 6) is 0. The molecule has 0 heterocycles. The Kier molecular flexibility index (Phi) is 5.44. The van der Waals surface area contributed by atoms with Gasteiger partial charge in [-0.2, -0.15) is 0 Å². The van der Waals surface area contributed by atoms with Crippen molar-refractivity contribution in [1.82, 2.24) is 0 Å². The van der Waals surface area contributed by atoms with E-state index in [1.165, 1.54) is 33.4 Å². The van der Waals surface area contributed by atoms with E-state index in [-0.39, 0.29) is 0 Å². The van der Waals surface area contributed by atoms with Crippen LogP contribution < -0.4 is 9.81 Å². The van der Waals surface area contributed by atoms with E-state index in [9.17, 15) is 0 Å². The van der Waals surface area contributed by atoms with Gasteiger partial charge >= 0.3 is 161 Å². The zero-order valence-corrected chi connectivity index (χ0v) is 19.6. The average Bonchev–Trinajstić information content (AvgIpc) is 2.52. The Balaban J connectivity index is 2.34. The van der Waals surface area contributed by atoms with Gasteiger partial charge in [-0.25, -0.2) is 0 Å². The van der Waals surface area contributed by atoms with E-state index in [0.29, 0.717) is 0 Å². The summed E-state index contributed by atoms with van der Waals surface area (Å²) < 4.78 is 4.88. The van der Waals surface area contributed by atoms with E-state index in [1.807, 2.05) is 0 Å². The molecule has 25 heavy (non-hydrogen) atoms. The van der Waals surface area contributed by atoms with Crippen molar-refractivity contribution in [2.45, 2.75) is 41.5 Å². The Bertz CT molecular complexity index is 803. The zero-order chi connectivity index (χ0) is 18.1. The van der Waals surface area contributed by atoms with E-state index in [2.05, 4.69) is 96.1 Å². The van der Waals surface area contributed by atoms with Gasteiger partial charge in [0, 0.05) is 0 Å². The van der Waals surface area contributed by atoms with E-state index in [4.69, 9.17) is 0 Å². The molecule has 0 saturated heterocycles. The van der Waals surface area contributed by atoms with Gasteiger partial charge in [0.15, 0.2) is 0 Å². The van der Waals surface area contributed by atoms with Crippen LogP contribution in [0.5, 0.6) is 0 Å². The molecule has 0 aliphatic carbocycles. The van der Waals surface area contributed by atoms with Gasteiger partial charge in [-0.15, -0.1) is 0 Å². The van der Waals surface area contributed by atoms with Gasteiger partial charge < -0.3 is 0 Å². The maximum atomic E-state index is 2.37. The molecule has 0 aliphatic rings. The summed E-state index contributed by atoms with van der Waals surface area (Å²) >= 11 is -2.34. The second-order valence-electron chi connectivity index (χ2n) is 7.17. The number of hydrogen-bond donors (Lipinski definition) is 0. The second-order valence-corrected chi connectivity index (χ2v) is 15.3. The van der Waals surface area contributed by atoms with Crippen molar-refractivity contribution in [3.63, 3.8) is 0 Å². The van der Waals surface area contributed by atoms with Crippen LogP contribution in [0.3, 0.4) is 0 Å². The Morgan fingerprint density at radius 1 is 0.520 bits per heavy atom. The minimum atomic E-state index is -2.34. The van der Waals surface area contributed by atoms with Crippen LogP contribution in [0.1, 0.15) is 33.4 Å². The van der Waals surface area contributed by atoms with Crippen LogP contribution in [0.4, 0.5) is 0 Å². The number of hydrogen-bond acceptors (Lipinski definition) is 0. The molecule has 0 atom stereocenters. The van der Waals surface area contributed by atoms with Gasteiger partial charge in [0.05, 0.1) is 0 Å². The Hall–Kier alpha value is -1.46. The van der Waals surface area contributed by atoms with Crippen LogP contribution in [0.25, 0.3) is 0 Å². The van der Waals surface area contributed by atoms with E-state index < -0.39 is 21.8 Å². The van der Waals surface area contributed by atoms with Crippen LogP contribution in [-0.4, -0.2) is 21.8 Å². The van der Waals surface area contributed by atoms with Crippen molar-refractivity contribution in [2.75, 3.05) is 0 Å². The van der Waals surface area contributed by atoms with E-state index >= 15 is 0 Å². The molecule has 0 bridgehead atoms. The van der Waals surface area contributed by atoms with Gasteiger partial charge in [0.2, 0.25) is 0 Å². The SMILES string of the molecule is Cc1cc(C)[c]([Bi]([c]2ccccc2)[c]2c(C)cc(C)cc2C)c(C)c1. The van der Waals surface area contributed by atoms with Crippen molar-refractivity contribution in [1.29, 1.82) is 0 Å². The van der Waals surface area contributed by atoms with Crippen molar-refractivity contribution in [2.24, 2.45) is 0 Å². The summed E-state index contributed by atoms with van der Waals surface area (Å²) in [7, 11) is 0. The van der Waals surface area contributed by atoms with Crippen molar-refractivity contribution in [3.05, 3.63) is 88.0 Å². The van der Waals surface area contributed by atoms with Crippen molar-refractivity contribution >= 4 is 31.6 Å². The van der Waals surface area contributed by atoms with Gasteiger partial charge in [-0.1, -0.05) is 0 Å². The molecule has 0 unspecified atom stereocenters. The molecule has 0 amide bonds. The molecule has 0 N–H and O–H groups in total. The molecule has 0 fully saturated rings. The summed E-state index contributed by atoms with van der Waals surface area (Å²) in [6.07, 6.45) is 0. The fourth-order valence-electron chi connectivity index (χ4n) is 4.00. The molecule has 1 heteroatoms. The predicted molar refractivity (Wildman–Crippen MR) is 112 cm³/mol. The summed E-state index contributed by atoms with van der Waals surface area (Å²) in [4.78, 5) is 0. The molecular formula is C24H27Bi. The molecule has 3 aromatic rings. The molecular weight excluding hydrogens is 497 g/mol. The van der Waals surface area contributed by atoms with Gasteiger partial charge in [-0.05, 0) is 0 Å². The predicted octanol–water partition coefficient (Wildman–Crippen LogP) is 4.05. The van der Waals surface area contributed by atoms with E-state index in [0.717, 1.165) is 0 Å². The fraction of sp³-hybridized carbons (Fsp3) is 0.250. The third kappa shape index (κ3) is 3.72. The molecule has 3 rings (SSSR count). The van der Waals surface area contributed by atoms with Gasteiger partial charge in [-0.3, -0.25) is 0 Å². The number of rotatable bonds is 3. The Labute approximate surface area is 160 Å². The Morgan fingerprint density at radius 3 is 1.24 bits per heavy atom. The normalized spacial score (nSPS) is 11.2. The number of benzene rings is 3. The third-order valence-corrected chi connectivity index (χ3v) is 16.9. The zero-order valence-electron chi connectivity index (χ0n) is 16.1. The Morgan fingerprint density at radius 2 is 0.880 bits per heavy atom. The first kappa shape index (κ1) is 18.3. The van der Waals surface area contributed by atoms with Crippen LogP contribution >= 0.6 is 0 Å². The monoisotopic (exact) mass is 524 g/mol. The van der Waals surface area contributed by atoms with Crippen LogP contribution in [0.15, 0.2) is 54.6 Å². The molecule has 0 aromatic heterocycles. The van der Waals surface area contributed by atoms with Crippen LogP contribution in [0, 0.1) is 41.5 Å². The topological polar surface area (TPSA) is 0 Å². The fourth-order valence-corrected chi connectivity index (χ4v) is 15.2. The molecule has 128 valence electrons. The molecule has 0 aliphatic heterocycles. The first-order valence-corrected chi connectivity index (χ1v) is 14.1. The van der Waals surface area contributed by atoms with Crippen molar-refractivity contribution in [3.8, 4) is 0 Å². The summed E-state index contributed by atoms with van der Waals surface area (Å²) in [6.45, 7) is 13.6. The summed E-state index contributed by atoms with van der Waals surface area (Å²) in [5.41, 5.74) is 8.62. The summed E-state index contributed by atoms with van der Waals surface area (Å²) in [6, 6.07) is 20.7. The quantitative estimate of drug-likeness (QED) is 0.454. The first-order valence-electron chi connectivity index (χ1n) is 8.89. The van der Waals surface area contributed by atoms with Crippen molar-refractivity contribution < 1.29 is 0 Å². The number of aryl methyl sites for hydroxylation is 6. The molecule has 0 spiro atoms. The minimum absolute atomic E-state index is 1.37. The van der Waals surface area contributed by atoms with E-state index in [1.54, 1.807) is 9.81 Å². The summed E-state index contributed by atoms with van der Waals surface area (Å²) in [5, 5.41) is 0. The van der Waals surface area contributed by atoms with Crippen LogP contribution in [0.2, 0.25) is 0 Å². The van der Waals surface area contributed by atoms with Gasteiger partial charge in [0.1, 0.15) is 0 Å². The third-order valence-electron chi connectivity index (χ3n) is 4.73.